The van der Waals surface area contributed by atoms with Crippen molar-refractivity contribution >= 4 is 17.7 Å². The van der Waals surface area contributed by atoms with E-state index in [9.17, 15) is 4.79 Å². The van der Waals surface area contributed by atoms with Crippen LogP contribution >= 0.6 is 11.8 Å². The topological polar surface area (TPSA) is 46.3 Å². The lowest BCUT2D eigenvalue weighted by Gasteiger charge is -2.33. The van der Waals surface area contributed by atoms with Crippen molar-refractivity contribution in [3.05, 3.63) is 0 Å². The molecule has 3 nitrogen and oxygen atoms in total. The molecule has 0 aromatic carbocycles. The van der Waals surface area contributed by atoms with E-state index in [4.69, 9.17) is 5.73 Å². The Labute approximate surface area is 109 Å². The molecule has 4 heteroatoms. The molecule has 0 bridgehead atoms. The molecule has 1 saturated carbocycles. The lowest BCUT2D eigenvalue weighted by atomic mass is 10.0. The lowest BCUT2D eigenvalue weighted by molar-refractivity contribution is -0.137. The minimum Gasteiger partial charge on any atom is -0.339 e. The Morgan fingerprint density at radius 1 is 1.53 bits per heavy atom. The highest BCUT2D eigenvalue weighted by Gasteiger charge is 2.34. The molecule has 0 saturated heterocycles. The first-order chi connectivity index (χ1) is 8.15. The Kier molecular flexibility index (Phi) is 6.34. The summed E-state index contributed by atoms with van der Waals surface area (Å²) in [6.45, 7) is 5.65. The maximum absolute atomic E-state index is 12.4. The first-order valence-electron chi connectivity index (χ1n) is 6.65. The van der Waals surface area contributed by atoms with Crippen LogP contribution in [0.15, 0.2) is 0 Å². The van der Waals surface area contributed by atoms with Gasteiger partial charge in [-0.2, -0.15) is 11.8 Å². The Balaban J connectivity index is 2.66. The van der Waals surface area contributed by atoms with Crippen molar-refractivity contribution in [1.82, 2.24) is 4.90 Å². The highest BCUT2D eigenvalue weighted by atomic mass is 32.2. The van der Waals surface area contributed by atoms with Crippen LogP contribution in [0.2, 0.25) is 0 Å². The molecule has 0 aromatic heterocycles. The van der Waals surface area contributed by atoms with Crippen LogP contribution < -0.4 is 5.73 Å². The largest absolute Gasteiger partial charge is 0.339 e. The van der Waals surface area contributed by atoms with Gasteiger partial charge in [-0.25, -0.2) is 0 Å². The van der Waals surface area contributed by atoms with Gasteiger partial charge < -0.3 is 10.6 Å². The van der Waals surface area contributed by atoms with E-state index in [0.717, 1.165) is 18.7 Å². The zero-order valence-corrected chi connectivity index (χ0v) is 12.1. The van der Waals surface area contributed by atoms with Gasteiger partial charge in [0.2, 0.25) is 5.91 Å². The summed E-state index contributed by atoms with van der Waals surface area (Å²) in [4.78, 5) is 14.5. The van der Waals surface area contributed by atoms with Gasteiger partial charge in [-0.1, -0.05) is 13.3 Å². The summed E-state index contributed by atoms with van der Waals surface area (Å²) < 4.78 is 0. The van der Waals surface area contributed by atoms with Crippen molar-refractivity contribution in [2.45, 2.75) is 39.2 Å². The van der Waals surface area contributed by atoms with Crippen LogP contribution in [0.3, 0.4) is 0 Å². The quantitative estimate of drug-likeness (QED) is 0.792. The predicted octanol–water partition coefficient (Wildman–Crippen LogP) is 1.96. The number of hydrogen-bond acceptors (Lipinski definition) is 3. The van der Waals surface area contributed by atoms with E-state index in [1.54, 1.807) is 11.8 Å². The predicted molar refractivity (Wildman–Crippen MR) is 75.1 cm³/mol. The third-order valence-electron chi connectivity index (χ3n) is 3.78. The van der Waals surface area contributed by atoms with Gasteiger partial charge in [-0.3, -0.25) is 4.79 Å². The molecule has 0 heterocycles. The minimum absolute atomic E-state index is 0.129. The Morgan fingerprint density at radius 2 is 2.24 bits per heavy atom. The summed E-state index contributed by atoms with van der Waals surface area (Å²) in [7, 11) is 0. The Bertz CT molecular complexity index is 248. The average molecular weight is 258 g/mol. The van der Waals surface area contributed by atoms with Crippen molar-refractivity contribution in [3.8, 4) is 0 Å². The minimum atomic E-state index is 0.129. The average Bonchev–Trinajstić information content (AvgIpc) is 2.78. The standard InChI is InChI=1S/C13H26N2OS/c1-4-15(13(16)10(2)9-17-3)12-7-5-6-11(12)8-14/h10-12H,4-9,14H2,1-3H3. The highest BCUT2D eigenvalue weighted by Crippen LogP contribution is 2.30. The summed E-state index contributed by atoms with van der Waals surface area (Å²) in [6, 6.07) is 0.391. The van der Waals surface area contributed by atoms with Crippen LogP contribution in [0.25, 0.3) is 0 Å². The number of nitrogens with two attached hydrogens (primary N) is 1. The van der Waals surface area contributed by atoms with Gasteiger partial charge in [-0.15, -0.1) is 0 Å². The van der Waals surface area contributed by atoms with Crippen LogP contribution in [0.4, 0.5) is 0 Å². The van der Waals surface area contributed by atoms with Gasteiger partial charge in [0.1, 0.15) is 0 Å². The molecule has 2 N–H and O–H groups in total. The third-order valence-corrected chi connectivity index (χ3v) is 4.62. The fourth-order valence-electron chi connectivity index (χ4n) is 2.86. The van der Waals surface area contributed by atoms with E-state index in [2.05, 4.69) is 18.1 Å². The van der Waals surface area contributed by atoms with Crippen LogP contribution in [0.5, 0.6) is 0 Å². The maximum Gasteiger partial charge on any atom is 0.226 e. The second-order valence-corrected chi connectivity index (χ2v) is 5.89. The van der Waals surface area contributed by atoms with Crippen LogP contribution in [-0.2, 0) is 4.79 Å². The maximum atomic E-state index is 12.4. The number of carbonyl (C=O) groups excluding carboxylic acids is 1. The van der Waals surface area contributed by atoms with Gasteiger partial charge in [0.05, 0.1) is 0 Å². The highest BCUT2D eigenvalue weighted by molar-refractivity contribution is 7.98. The van der Waals surface area contributed by atoms with Gasteiger partial charge in [-0.05, 0) is 38.5 Å². The first kappa shape index (κ1) is 14.8. The number of hydrogen-bond donors (Lipinski definition) is 1. The van der Waals surface area contributed by atoms with Crippen molar-refractivity contribution in [3.63, 3.8) is 0 Å². The van der Waals surface area contributed by atoms with Gasteiger partial charge in [0, 0.05) is 24.3 Å². The van der Waals surface area contributed by atoms with E-state index >= 15 is 0 Å². The molecule has 0 spiro atoms. The molecule has 3 unspecified atom stereocenters. The van der Waals surface area contributed by atoms with E-state index in [1.807, 2.05) is 6.92 Å². The molecule has 17 heavy (non-hydrogen) atoms. The van der Waals surface area contributed by atoms with Crippen molar-refractivity contribution in [2.24, 2.45) is 17.6 Å². The lowest BCUT2D eigenvalue weighted by Crippen LogP contribution is -2.46. The van der Waals surface area contributed by atoms with E-state index < -0.39 is 0 Å². The third kappa shape index (κ3) is 3.62. The summed E-state index contributed by atoms with van der Waals surface area (Å²) in [5, 5.41) is 0. The Hall–Kier alpha value is -0.220. The molecule has 0 aromatic rings. The molecule has 1 amide bonds. The zero-order chi connectivity index (χ0) is 12.8. The molecular weight excluding hydrogens is 232 g/mol. The number of carbonyl (C=O) groups is 1. The van der Waals surface area contributed by atoms with Gasteiger partial charge in [0.25, 0.3) is 0 Å². The van der Waals surface area contributed by atoms with E-state index in [1.165, 1.54) is 12.8 Å². The smallest absolute Gasteiger partial charge is 0.226 e. The summed E-state index contributed by atoms with van der Waals surface area (Å²) >= 11 is 1.74. The molecule has 1 aliphatic rings. The normalized spacial score (nSPS) is 25.9. The molecule has 0 aliphatic heterocycles. The summed E-state index contributed by atoms with van der Waals surface area (Å²) in [5.41, 5.74) is 5.81. The van der Waals surface area contributed by atoms with Crippen LogP contribution in [-0.4, -0.2) is 41.9 Å². The van der Waals surface area contributed by atoms with Gasteiger partial charge >= 0.3 is 0 Å². The van der Waals surface area contributed by atoms with Crippen molar-refractivity contribution in [2.75, 3.05) is 25.1 Å². The zero-order valence-electron chi connectivity index (χ0n) is 11.3. The molecule has 1 aliphatic carbocycles. The summed E-state index contributed by atoms with van der Waals surface area (Å²) in [5.74, 6) is 1.87. The molecular formula is C13H26N2OS. The number of rotatable bonds is 6. The number of amides is 1. The fraction of sp³-hybridized carbons (Fsp3) is 0.923. The van der Waals surface area contributed by atoms with Crippen molar-refractivity contribution < 1.29 is 4.79 Å². The van der Waals surface area contributed by atoms with Crippen LogP contribution in [0.1, 0.15) is 33.1 Å². The monoisotopic (exact) mass is 258 g/mol. The molecule has 100 valence electrons. The molecule has 1 fully saturated rings. The first-order valence-corrected chi connectivity index (χ1v) is 8.04. The molecule has 0 radical (unpaired) electrons. The SMILES string of the molecule is CCN(C(=O)C(C)CSC)C1CCCC1CN. The van der Waals surface area contributed by atoms with E-state index in [-0.39, 0.29) is 5.92 Å². The second-order valence-electron chi connectivity index (χ2n) is 4.97. The number of thioether (sulfide) groups is 1. The van der Waals surface area contributed by atoms with Crippen LogP contribution in [0, 0.1) is 11.8 Å². The molecule has 3 atom stereocenters. The number of nitrogens with zero attached hydrogens (tertiary/aromatic N) is 1. The Morgan fingerprint density at radius 3 is 2.76 bits per heavy atom. The fourth-order valence-corrected chi connectivity index (χ4v) is 3.50. The van der Waals surface area contributed by atoms with Gasteiger partial charge in [0.15, 0.2) is 0 Å². The van der Waals surface area contributed by atoms with E-state index in [0.29, 0.717) is 24.4 Å². The summed E-state index contributed by atoms with van der Waals surface area (Å²) in [6.07, 6.45) is 5.58. The van der Waals surface area contributed by atoms with Crippen molar-refractivity contribution in [1.29, 1.82) is 0 Å². The molecule has 1 rings (SSSR count). The second kappa shape index (κ2) is 7.27.